The molecule has 4 rings (SSSR count). The molecular weight excluding hydrogens is 447 g/mol. The number of carboxylic acid groups (broad SMARTS) is 1. The fraction of sp³-hybridized carbons (Fsp3) is 0.120. The Morgan fingerprint density at radius 1 is 0.969 bits per heavy atom. The second-order valence-corrected chi connectivity index (χ2v) is 8.29. The first-order valence-corrected chi connectivity index (χ1v) is 10.6. The minimum absolute atomic E-state index is 0.111. The van der Waals surface area contributed by atoms with E-state index in [0.717, 1.165) is 16.7 Å². The second kappa shape index (κ2) is 8.69. The molecule has 0 aliphatic rings. The predicted molar refractivity (Wildman–Crippen MR) is 127 cm³/mol. The van der Waals surface area contributed by atoms with Gasteiger partial charge >= 0.3 is 5.97 Å². The maximum atomic E-state index is 12.3. The molecule has 162 valence electrons. The molecule has 0 saturated heterocycles. The lowest BCUT2D eigenvalue weighted by Crippen LogP contribution is -2.05. The van der Waals surface area contributed by atoms with Crippen LogP contribution in [0, 0.1) is 13.8 Å². The Labute approximate surface area is 195 Å². The summed E-state index contributed by atoms with van der Waals surface area (Å²) in [5.74, 6) is -0.202. The summed E-state index contributed by atoms with van der Waals surface area (Å²) in [6.07, 6.45) is 0. The van der Waals surface area contributed by atoms with Gasteiger partial charge in [-0.2, -0.15) is 0 Å². The van der Waals surface area contributed by atoms with E-state index in [9.17, 15) is 9.90 Å². The van der Waals surface area contributed by atoms with Gasteiger partial charge in [-0.05, 0) is 49.7 Å². The summed E-state index contributed by atoms with van der Waals surface area (Å²) in [5, 5.41) is 11.1. The monoisotopic (exact) mass is 466 g/mol. The van der Waals surface area contributed by atoms with E-state index in [1.807, 2.05) is 48.7 Å². The molecule has 0 unspecified atom stereocenters. The van der Waals surface area contributed by atoms with Crippen LogP contribution in [0.4, 0.5) is 0 Å². The van der Waals surface area contributed by atoms with Crippen LogP contribution in [0.1, 0.15) is 21.6 Å². The van der Waals surface area contributed by atoms with Gasteiger partial charge in [0, 0.05) is 21.2 Å². The van der Waals surface area contributed by atoms with Crippen molar-refractivity contribution in [3.63, 3.8) is 0 Å². The number of aryl methyl sites for hydroxylation is 2. The minimum atomic E-state index is -1.16. The number of hydrogen-bond acceptors (Lipinski definition) is 3. The van der Waals surface area contributed by atoms with Gasteiger partial charge in [0.2, 0.25) is 0 Å². The number of imidazole rings is 1. The van der Waals surface area contributed by atoms with Crippen LogP contribution in [0.5, 0.6) is 5.75 Å². The molecular formula is C25H20Cl2N2O3. The first kappa shape index (κ1) is 21.9. The number of nitrogens with zero attached hydrogens (tertiary/aromatic N) is 2. The van der Waals surface area contributed by atoms with E-state index in [1.54, 1.807) is 30.3 Å². The molecule has 1 aromatic heterocycles. The van der Waals surface area contributed by atoms with Gasteiger partial charge < -0.3 is 9.84 Å². The molecule has 0 amide bonds. The molecule has 3 aromatic carbocycles. The van der Waals surface area contributed by atoms with Crippen molar-refractivity contribution in [2.75, 3.05) is 7.11 Å². The topological polar surface area (TPSA) is 64.3 Å². The van der Waals surface area contributed by atoms with E-state index in [-0.39, 0.29) is 5.69 Å². The van der Waals surface area contributed by atoms with Crippen LogP contribution in [-0.4, -0.2) is 27.7 Å². The van der Waals surface area contributed by atoms with E-state index < -0.39 is 5.97 Å². The Hall–Kier alpha value is -3.28. The van der Waals surface area contributed by atoms with Crippen molar-refractivity contribution in [3.8, 4) is 34.1 Å². The largest absolute Gasteiger partial charge is 0.496 e. The Morgan fingerprint density at radius 2 is 1.62 bits per heavy atom. The van der Waals surface area contributed by atoms with Gasteiger partial charge in [-0.15, -0.1) is 0 Å². The van der Waals surface area contributed by atoms with Crippen molar-refractivity contribution < 1.29 is 14.6 Å². The van der Waals surface area contributed by atoms with Crippen LogP contribution < -0.4 is 4.74 Å². The smallest absolute Gasteiger partial charge is 0.356 e. The molecule has 7 heteroatoms. The number of carbonyl (C=O) groups is 1. The highest BCUT2D eigenvalue weighted by molar-refractivity contribution is 6.31. The number of carboxylic acids is 1. The second-order valence-electron chi connectivity index (χ2n) is 7.41. The molecule has 0 aliphatic heterocycles. The highest BCUT2D eigenvalue weighted by Crippen LogP contribution is 2.40. The van der Waals surface area contributed by atoms with E-state index in [1.165, 1.54) is 7.11 Å². The lowest BCUT2D eigenvalue weighted by Gasteiger charge is -2.17. The van der Waals surface area contributed by atoms with Crippen LogP contribution in [0.15, 0.2) is 60.7 Å². The first-order valence-electron chi connectivity index (χ1n) is 9.83. The number of ether oxygens (including phenoxy) is 1. The lowest BCUT2D eigenvalue weighted by molar-refractivity contribution is 0.0692. The summed E-state index contributed by atoms with van der Waals surface area (Å²) in [7, 11) is 1.53. The molecule has 32 heavy (non-hydrogen) atoms. The molecule has 0 spiro atoms. The van der Waals surface area contributed by atoms with Crippen molar-refractivity contribution in [1.82, 2.24) is 9.55 Å². The fourth-order valence-corrected chi connectivity index (χ4v) is 3.98. The Kier molecular flexibility index (Phi) is 5.96. The summed E-state index contributed by atoms with van der Waals surface area (Å²) in [5.41, 5.74) is 4.23. The zero-order chi connectivity index (χ0) is 23.0. The molecule has 4 aromatic rings. The van der Waals surface area contributed by atoms with Crippen molar-refractivity contribution in [2.45, 2.75) is 13.8 Å². The maximum absolute atomic E-state index is 12.3. The van der Waals surface area contributed by atoms with Gasteiger partial charge in [0.15, 0.2) is 5.69 Å². The van der Waals surface area contributed by atoms with E-state index in [2.05, 4.69) is 4.98 Å². The van der Waals surface area contributed by atoms with Gasteiger partial charge in [-0.1, -0.05) is 59.1 Å². The van der Waals surface area contributed by atoms with E-state index >= 15 is 0 Å². The molecule has 1 heterocycles. The van der Waals surface area contributed by atoms with E-state index in [0.29, 0.717) is 38.6 Å². The van der Waals surface area contributed by atoms with Crippen molar-refractivity contribution in [2.24, 2.45) is 0 Å². The third-order valence-electron chi connectivity index (χ3n) is 5.22. The Morgan fingerprint density at radius 3 is 2.28 bits per heavy atom. The number of hydrogen-bond donors (Lipinski definition) is 1. The molecule has 0 aliphatic carbocycles. The minimum Gasteiger partial charge on any atom is -0.496 e. The van der Waals surface area contributed by atoms with Crippen LogP contribution in [0.3, 0.4) is 0 Å². The average Bonchev–Trinajstić information content (AvgIpc) is 3.16. The van der Waals surface area contributed by atoms with Crippen molar-refractivity contribution in [1.29, 1.82) is 0 Å². The molecule has 0 fully saturated rings. The van der Waals surface area contributed by atoms with Crippen LogP contribution >= 0.6 is 23.2 Å². The third-order valence-corrected chi connectivity index (χ3v) is 5.69. The summed E-state index contributed by atoms with van der Waals surface area (Å²) in [4.78, 5) is 16.9. The predicted octanol–water partition coefficient (Wildman–Crippen LogP) is 6.84. The molecule has 0 saturated carbocycles. The summed E-state index contributed by atoms with van der Waals surface area (Å²) >= 11 is 12.6. The first-order chi connectivity index (χ1) is 15.3. The van der Waals surface area contributed by atoms with Gasteiger partial charge in [-0.25, -0.2) is 9.78 Å². The van der Waals surface area contributed by atoms with Gasteiger partial charge in [0.1, 0.15) is 11.6 Å². The normalized spacial score (nSPS) is 10.9. The van der Waals surface area contributed by atoms with E-state index in [4.69, 9.17) is 27.9 Å². The average molecular weight is 467 g/mol. The lowest BCUT2D eigenvalue weighted by atomic mass is 10.1. The standard InChI is InChI=1S/C25H20Cl2N2O3/c1-14-4-7-16(8-5-14)24-28-22(25(30)31)23(19-12-17(26)10-11-21(19)32-3)29(24)20-13-18(27)9-6-15(20)2/h4-13H,1-3H3,(H,30,31). The maximum Gasteiger partial charge on any atom is 0.356 e. The molecule has 1 N–H and O–H groups in total. The summed E-state index contributed by atoms with van der Waals surface area (Å²) in [6.45, 7) is 3.92. The summed E-state index contributed by atoms with van der Waals surface area (Å²) < 4.78 is 7.36. The quantitative estimate of drug-likeness (QED) is 0.349. The summed E-state index contributed by atoms with van der Waals surface area (Å²) in [6, 6.07) is 18.3. The van der Waals surface area contributed by atoms with Gasteiger partial charge in [-0.3, -0.25) is 4.57 Å². The Bertz CT molecular complexity index is 1330. The Balaban J connectivity index is 2.18. The third kappa shape index (κ3) is 3.97. The van der Waals surface area contributed by atoms with Crippen LogP contribution in [0.2, 0.25) is 10.0 Å². The number of aromatic nitrogens is 2. The fourth-order valence-electron chi connectivity index (χ4n) is 3.64. The van der Waals surface area contributed by atoms with Crippen LogP contribution in [-0.2, 0) is 0 Å². The molecule has 0 bridgehead atoms. The highest BCUT2D eigenvalue weighted by atomic mass is 35.5. The number of aromatic carboxylic acids is 1. The zero-order valence-corrected chi connectivity index (χ0v) is 19.2. The van der Waals surface area contributed by atoms with Crippen molar-refractivity contribution >= 4 is 29.2 Å². The number of benzene rings is 3. The highest BCUT2D eigenvalue weighted by Gasteiger charge is 2.28. The SMILES string of the molecule is COc1ccc(Cl)cc1-c1c(C(=O)O)nc(-c2ccc(C)cc2)n1-c1cc(Cl)ccc1C. The van der Waals surface area contributed by atoms with Gasteiger partial charge in [0.05, 0.1) is 18.5 Å². The number of halogens is 2. The number of methoxy groups -OCH3 is 1. The van der Waals surface area contributed by atoms with Crippen LogP contribution in [0.25, 0.3) is 28.3 Å². The molecule has 0 atom stereocenters. The van der Waals surface area contributed by atoms with Gasteiger partial charge in [0.25, 0.3) is 0 Å². The zero-order valence-electron chi connectivity index (χ0n) is 17.7. The molecule has 0 radical (unpaired) electrons. The number of rotatable bonds is 5. The molecule has 5 nitrogen and oxygen atoms in total. The van der Waals surface area contributed by atoms with Crippen molar-refractivity contribution in [3.05, 3.63) is 87.5 Å².